The second-order valence-electron chi connectivity index (χ2n) is 12.1. The summed E-state index contributed by atoms with van der Waals surface area (Å²) in [6.07, 6.45) is 0. The van der Waals surface area contributed by atoms with Gasteiger partial charge in [-0.15, -0.1) is 0 Å². The van der Waals surface area contributed by atoms with E-state index in [0.717, 1.165) is 88.4 Å². The maximum atomic E-state index is 6.59. The van der Waals surface area contributed by atoms with Gasteiger partial charge in [0.05, 0.1) is 10.9 Å². The monoisotopic (exact) mass is 601 g/mol. The highest BCUT2D eigenvalue weighted by atomic mass is 16.3. The van der Waals surface area contributed by atoms with Gasteiger partial charge in [-0.2, -0.15) is 0 Å². The first-order valence-corrected chi connectivity index (χ1v) is 15.9. The molecular formula is C44H27NO2. The van der Waals surface area contributed by atoms with Gasteiger partial charge in [-0.25, -0.2) is 0 Å². The zero-order valence-electron chi connectivity index (χ0n) is 25.4. The Labute approximate surface area is 270 Å². The molecule has 10 rings (SSSR count). The SMILES string of the molecule is c1ccc(-c2ccc3c(c2)oc2cc(-c4ccc(-c5cccc6oc7c8ccccc8n(-c8ccccc8)c7c56)cc4)ccc23)cc1. The maximum Gasteiger partial charge on any atom is 0.161 e. The number of benzene rings is 7. The van der Waals surface area contributed by atoms with Crippen LogP contribution in [0.2, 0.25) is 0 Å². The molecule has 220 valence electrons. The van der Waals surface area contributed by atoms with Crippen molar-refractivity contribution in [1.29, 1.82) is 0 Å². The first-order valence-electron chi connectivity index (χ1n) is 15.9. The second kappa shape index (κ2) is 10.1. The van der Waals surface area contributed by atoms with Crippen LogP contribution in [-0.2, 0) is 0 Å². The summed E-state index contributed by atoms with van der Waals surface area (Å²) in [6.45, 7) is 0. The molecule has 0 saturated heterocycles. The molecule has 47 heavy (non-hydrogen) atoms. The first kappa shape index (κ1) is 26.0. The summed E-state index contributed by atoms with van der Waals surface area (Å²) in [4.78, 5) is 0. The van der Waals surface area contributed by atoms with E-state index in [-0.39, 0.29) is 0 Å². The zero-order chi connectivity index (χ0) is 30.9. The Kier molecular flexibility index (Phi) is 5.57. The molecule has 3 nitrogen and oxygen atoms in total. The van der Waals surface area contributed by atoms with E-state index in [2.05, 4.69) is 162 Å². The molecule has 7 aromatic carbocycles. The van der Waals surface area contributed by atoms with E-state index in [1.54, 1.807) is 0 Å². The topological polar surface area (TPSA) is 31.2 Å². The van der Waals surface area contributed by atoms with Gasteiger partial charge in [0, 0.05) is 21.8 Å². The molecule has 0 aliphatic carbocycles. The highest BCUT2D eigenvalue weighted by Gasteiger charge is 2.21. The molecule has 3 heteroatoms. The summed E-state index contributed by atoms with van der Waals surface area (Å²) in [7, 11) is 0. The lowest BCUT2D eigenvalue weighted by Gasteiger charge is -2.10. The summed E-state index contributed by atoms with van der Waals surface area (Å²) in [5.74, 6) is 0. The maximum absolute atomic E-state index is 6.59. The Balaban J connectivity index is 1.08. The highest BCUT2D eigenvalue weighted by molar-refractivity contribution is 6.20. The lowest BCUT2D eigenvalue weighted by molar-refractivity contribution is 0.669. The molecule has 0 spiro atoms. The fourth-order valence-corrected chi connectivity index (χ4v) is 7.20. The van der Waals surface area contributed by atoms with Crippen LogP contribution in [-0.4, -0.2) is 4.57 Å². The average molecular weight is 602 g/mol. The number of hydrogen-bond acceptors (Lipinski definition) is 2. The Hall–Kier alpha value is -6.32. The molecule has 0 radical (unpaired) electrons. The average Bonchev–Trinajstić information content (AvgIpc) is 3.80. The van der Waals surface area contributed by atoms with Crippen LogP contribution in [0.1, 0.15) is 0 Å². The number of nitrogens with zero attached hydrogens (tertiary/aromatic N) is 1. The fourth-order valence-electron chi connectivity index (χ4n) is 7.20. The zero-order valence-corrected chi connectivity index (χ0v) is 25.4. The van der Waals surface area contributed by atoms with Crippen LogP contribution in [0.25, 0.3) is 94.0 Å². The van der Waals surface area contributed by atoms with Crippen LogP contribution in [0.5, 0.6) is 0 Å². The van der Waals surface area contributed by atoms with E-state index in [4.69, 9.17) is 8.83 Å². The molecule has 0 atom stereocenters. The van der Waals surface area contributed by atoms with Crippen molar-refractivity contribution in [3.63, 3.8) is 0 Å². The van der Waals surface area contributed by atoms with Crippen molar-refractivity contribution in [2.75, 3.05) is 0 Å². The quantitative estimate of drug-likeness (QED) is 0.201. The number of para-hydroxylation sites is 2. The minimum Gasteiger partial charge on any atom is -0.456 e. The second-order valence-corrected chi connectivity index (χ2v) is 12.1. The van der Waals surface area contributed by atoms with E-state index in [1.165, 1.54) is 5.56 Å². The molecular weight excluding hydrogens is 574 g/mol. The van der Waals surface area contributed by atoms with Gasteiger partial charge in [0.15, 0.2) is 5.58 Å². The fraction of sp³-hybridized carbons (Fsp3) is 0. The molecule has 0 amide bonds. The molecule has 0 N–H and O–H groups in total. The molecule has 0 unspecified atom stereocenters. The summed E-state index contributed by atoms with van der Waals surface area (Å²) in [5.41, 5.74) is 13.8. The third-order valence-electron chi connectivity index (χ3n) is 9.43. The summed E-state index contributed by atoms with van der Waals surface area (Å²) in [5, 5.41) is 4.49. The number of rotatable bonds is 4. The Bertz CT molecular complexity index is 2760. The Morgan fingerprint density at radius 2 is 0.979 bits per heavy atom. The van der Waals surface area contributed by atoms with Crippen molar-refractivity contribution >= 4 is 54.9 Å². The highest BCUT2D eigenvalue weighted by Crippen LogP contribution is 2.43. The van der Waals surface area contributed by atoms with Crippen LogP contribution >= 0.6 is 0 Å². The molecule has 3 heterocycles. The van der Waals surface area contributed by atoms with Gasteiger partial charge in [0.25, 0.3) is 0 Å². The lowest BCUT2D eigenvalue weighted by atomic mass is 9.97. The van der Waals surface area contributed by atoms with Gasteiger partial charge in [0.1, 0.15) is 22.3 Å². The molecule has 3 aromatic heterocycles. The van der Waals surface area contributed by atoms with Crippen molar-refractivity contribution in [1.82, 2.24) is 4.57 Å². The van der Waals surface area contributed by atoms with Crippen molar-refractivity contribution < 1.29 is 8.83 Å². The van der Waals surface area contributed by atoms with E-state index in [1.807, 2.05) is 6.07 Å². The van der Waals surface area contributed by atoms with Crippen LogP contribution in [0.4, 0.5) is 0 Å². The van der Waals surface area contributed by atoms with Gasteiger partial charge in [0.2, 0.25) is 0 Å². The van der Waals surface area contributed by atoms with Crippen LogP contribution in [0.3, 0.4) is 0 Å². The van der Waals surface area contributed by atoms with Crippen molar-refractivity contribution in [2.24, 2.45) is 0 Å². The number of furan rings is 2. The molecule has 0 saturated carbocycles. The van der Waals surface area contributed by atoms with Gasteiger partial charge < -0.3 is 13.4 Å². The van der Waals surface area contributed by atoms with E-state index >= 15 is 0 Å². The lowest BCUT2D eigenvalue weighted by Crippen LogP contribution is -1.93. The normalized spacial score (nSPS) is 11.8. The van der Waals surface area contributed by atoms with Gasteiger partial charge in [-0.1, -0.05) is 109 Å². The number of fused-ring (bicyclic) bond motifs is 8. The van der Waals surface area contributed by atoms with Crippen LogP contribution in [0.15, 0.2) is 173 Å². The minimum atomic E-state index is 0.887. The molecule has 0 aliphatic rings. The van der Waals surface area contributed by atoms with Crippen molar-refractivity contribution in [3.8, 4) is 39.1 Å². The third-order valence-corrected chi connectivity index (χ3v) is 9.43. The van der Waals surface area contributed by atoms with Gasteiger partial charge in [-0.3, -0.25) is 0 Å². The predicted octanol–water partition coefficient (Wildman–Crippen LogP) is 12.4. The number of aromatic nitrogens is 1. The third kappa shape index (κ3) is 4.00. The minimum absolute atomic E-state index is 0.887. The molecule has 0 bridgehead atoms. The predicted molar refractivity (Wildman–Crippen MR) is 194 cm³/mol. The smallest absolute Gasteiger partial charge is 0.161 e. The van der Waals surface area contributed by atoms with Crippen LogP contribution in [0, 0.1) is 0 Å². The summed E-state index contributed by atoms with van der Waals surface area (Å²) < 4.78 is 15.3. The summed E-state index contributed by atoms with van der Waals surface area (Å²) in [6, 6.07) is 57.7. The Morgan fingerprint density at radius 3 is 1.70 bits per heavy atom. The van der Waals surface area contributed by atoms with Crippen molar-refractivity contribution in [3.05, 3.63) is 164 Å². The van der Waals surface area contributed by atoms with Crippen molar-refractivity contribution in [2.45, 2.75) is 0 Å². The van der Waals surface area contributed by atoms with Gasteiger partial charge >= 0.3 is 0 Å². The molecule has 0 aliphatic heterocycles. The number of hydrogen-bond donors (Lipinski definition) is 0. The largest absolute Gasteiger partial charge is 0.456 e. The molecule has 10 aromatic rings. The van der Waals surface area contributed by atoms with E-state index < -0.39 is 0 Å². The standard InChI is InChI=1S/C44H27NO2/c1-3-10-28(11-4-1)31-22-24-35-36-25-23-32(27-41(36)46-40(35)26-31)29-18-20-30(21-19-29)34-15-9-17-39-42(34)43-44(47-39)37-14-7-8-16-38(37)45(43)33-12-5-2-6-13-33/h1-27H. The van der Waals surface area contributed by atoms with Gasteiger partial charge in [-0.05, 0) is 88.0 Å². The molecule has 0 fully saturated rings. The first-order chi connectivity index (χ1) is 23.3. The van der Waals surface area contributed by atoms with E-state index in [9.17, 15) is 0 Å². The summed E-state index contributed by atoms with van der Waals surface area (Å²) >= 11 is 0. The Morgan fingerprint density at radius 1 is 0.383 bits per heavy atom. The van der Waals surface area contributed by atoms with Crippen LogP contribution < -0.4 is 0 Å². The van der Waals surface area contributed by atoms with E-state index in [0.29, 0.717) is 0 Å².